The minimum atomic E-state index is -0.532. The Morgan fingerprint density at radius 3 is 2.06 bits per heavy atom. The van der Waals surface area contributed by atoms with Gasteiger partial charge in [-0.05, 0) is 94.6 Å². The van der Waals surface area contributed by atoms with Gasteiger partial charge in [-0.1, -0.05) is 141 Å². The molecule has 2 aliphatic carbocycles. The first-order valence-electron chi connectivity index (χ1n) is 17.2. The Kier molecular flexibility index (Phi) is 6.36. The van der Waals surface area contributed by atoms with Crippen LogP contribution in [0.3, 0.4) is 0 Å². The van der Waals surface area contributed by atoms with Crippen molar-refractivity contribution in [3.8, 4) is 11.1 Å². The summed E-state index contributed by atoms with van der Waals surface area (Å²) in [5.41, 5.74) is 13.1. The first kappa shape index (κ1) is 28.7. The van der Waals surface area contributed by atoms with Gasteiger partial charge in [-0.15, -0.1) is 0 Å². The number of benzene rings is 6. The van der Waals surface area contributed by atoms with Crippen LogP contribution in [0.5, 0.6) is 0 Å². The molecule has 0 aliphatic heterocycles. The highest BCUT2D eigenvalue weighted by Gasteiger charge is 2.40. The summed E-state index contributed by atoms with van der Waals surface area (Å²) in [4.78, 5) is 5.11. The molecule has 2 nitrogen and oxygen atoms in total. The topological polar surface area (TPSA) is 17.3 Å². The van der Waals surface area contributed by atoms with Crippen LogP contribution in [0.2, 0.25) is 0 Å². The molecule has 0 radical (unpaired) electrons. The first-order chi connectivity index (χ1) is 24.1. The van der Waals surface area contributed by atoms with Crippen LogP contribution in [0.1, 0.15) is 31.4 Å². The van der Waals surface area contributed by atoms with Gasteiger partial charge in [-0.25, -0.2) is 4.98 Å². The number of allylic oxidation sites excluding steroid dienone is 4. The van der Waals surface area contributed by atoms with Crippen molar-refractivity contribution in [1.29, 1.82) is 0 Å². The SMILES string of the molecule is CC1(C)C2=C(C=CC(P(c3ccccc3)c3ccccc3)C2)c2ccc(-c3ccc4c(c3)c3ccccc3n3c5ccccc5nc43)cc21. The van der Waals surface area contributed by atoms with Crippen LogP contribution >= 0.6 is 7.92 Å². The number of nitrogens with zero attached hydrogens (tertiary/aromatic N) is 2. The predicted molar refractivity (Wildman–Crippen MR) is 210 cm³/mol. The molecule has 1 atom stereocenters. The fourth-order valence-electron chi connectivity index (χ4n) is 8.55. The lowest BCUT2D eigenvalue weighted by Gasteiger charge is -2.33. The van der Waals surface area contributed by atoms with Crippen LogP contribution in [0.15, 0.2) is 163 Å². The summed E-state index contributed by atoms with van der Waals surface area (Å²) in [5.74, 6) is 0. The monoisotopic (exact) mass is 646 g/mol. The zero-order valence-corrected chi connectivity index (χ0v) is 28.5. The van der Waals surface area contributed by atoms with Gasteiger partial charge >= 0.3 is 0 Å². The third kappa shape index (κ3) is 4.34. The van der Waals surface area contributed by atoms with E-state index in [4.69, 9.17) is 4.98 Å². The Morgan fingerprint density at radius 2 is 1.29 bits per heavy atom. The number of rotatable bonds is 4. The molecule has 2 heterocycles. The highest BCUT2D eigenvalue weighted by molar-refractivity contribution is 7.73. The largest absolute Gasteiger partial charge is 0.292 e. The molecule has 3 heteroatoms. The Hall–Kier alpha value is -5.30. The number of aromatic nitrogens is 2. The standard InChI is InChI=1S/C46H35N2P/c1-46(2)40-28-31(30-22-25-38-39(27-30)37-17-9-11-19-43(37)48-44-20-12-10-18-42(44)47-45(38)48)21-24-35(40)36-26-23-34(29-41(36)46)49(32-13-5-3-6-14-32)33-15-7-4-8-16-33/h3-28,34H,29H2,1-2H3. The smallest absolute Gasteiger partial charge is 0.146 e. The summed E-state index contributed by atoms with van der Waals surface area (Å²) in [6.07, 6.45) is 6.03. The summed E-state index contributed by atoms with van der Waals surface area (Å²) in [5, 5.41) is 6.57. The lowest BCUT2D eigenvalue weighted by Crippen LogP contribution is -2.26. The maximum atomic E-state index is 5.11. The zero-order valence-electron chi connectivity index (χ0n) is 27.6. The molecular formula is C46H35N2P. The molecule has 0 fully saturated rings. The second kappa shape index (κ2) is 10.9. The number of hydrogen-bond acceptors (Lipinski definition) is 1. The summed E-state index contributed by atoms with van der Waals surface area (Å²) < 4.78 is 2.32. The molecule has 49 heavy (non-hydrogen) atoms. The predicted octanol–water partition coefficient (Wildman–Crippen LogP) is 11.0. The Morgan fingerprint density at radius 1 is 0.633 bits per heavy atom. The number of imidazole rings is 1. The number of para-hydroxylation sites is 3. The van der Waals surface area contributed by atoms with E-state index >= 15 is 0 Å². The van der Waals surface area contributed by atoms with Crippen molar-refractivity contribution >= 4 is 62.5 Å². The van der Waals surface area contributed by atoms with Gasteiger partial charge in [0, 0.05) is 21.8 Å². The van der Waals surface area contributed by atoms with Crippen LogP contribution in [-0.4, -0.2) is 15.0 Å². The van der Waals surface area contributed by atoms with E-state index in [1.54, 1.807) is 5.57 Å². The normalized spacial score (nSPS) is 16.7. The van der Waals surface area contributed by atoms with Gasteiger partial charge in [0.2, 0.25) is 0 Å². The number of pyridine rings is 1. The highest BCUT2D eigenvalue weighted by atomic mass is 31.1. The van der Waals surface area contributed by atoms with Crippen molar-refractivity contribution in [1.82, 2.24) is 9.38 Å². The summed E-state index contributed by atoms with van der Waals surface area (Å²) >= 11 is 0. The molecule has 0 amide bonds. The lowest BCUT2D eigenvalue weighted by atomic mass is 9.78. The second-order valence-corrected chi connectivity index (χ2v) is 16.4. The van der Waals surface area contributed by atoms with E-state index in [0.717, 1.165) is 23.1 Å². The minimum Gasteiger partial charge on any atom is -0.292 e. The average Bonchev–Trinajstić information content (AvgIpc) is 3.65. The first-order valence-corrected chi connectivity index (χ1v) is 18.7. The molecule has 8 aromatic rings. The number of fused-ring (bicyclic) bond motifs is 10. The third-order valence-electron chi connectivity index (χ3n) is 11.0. The average molecular weight is 647 g/mol. The highest BCUT2D eigenvalue weighted by Crippen LogP contribution is 2.55. The van der Waals surface area contributed by atoms with Gasteiger partial charge in [0.25, 0.3) is 0 Å². The summed E-state index contributed by atoms with van der Waals surface area (Å²) in [7, 11) is -0.532. The van der Waals surface area contributed by atoms with Crippen molar-refractivity contribution < 1.29 is 0 Å². The van der Waals surface area contributed by atoms with Gasteiger partial charge in [-0.3, -0.25) is 4.40 Å². The fraction of sp³-hybridized carbons (Fsp3) is 0.109. The van der Waals surface area contributed by atoms with E-state index in [9.17, 15) is 0 Å². The molecule has 234 valence electrons. The maximum Gasteiger partial charge on any atom is 0.146 e. The van der Waals surface area contributed by atoms with Crippen molar-refractivity contribution in [3.05, 3.63) is 174 Å². The van der Waals surface area contributed by atoms with Gasteiger partial charge in [0.15, 0.2) is 0 Å². The van der Waals surface area contributed by atoms with E-state index in [1.165, 1.54) is 60.1 Å². The van der Waals surface area contributed by atoms with Gasteiger partial charge in [0.1, 0.15) is 5.65 Å². The van der Waals surface area contributed by atoms with E-state index in [0.29, 0.717) is 5.66 Å². The summed E-state index contributed by atoms with van der Waals surface area (Å²) in [6, 6.07) is 53.7. The van der Waals surface area contributed by atoms with Crippen LogP contribution in [0, 0.1) is 0 Å². The van der Waals surface area contributed by atoms with E-state index < -0.39 is 7.92 Å². The Balaban J connectivity index is 1.05. The lowest BCUT2D eigenvalue weighted by molar-refractivity contribution is 0.609. The second-order valence-electron chi connectivity index (χ2n) is 14.0. The van der Waals surface area contributed by atoms with Crippen LogP contribution in [0.4, 0.5) is 0 Å². The molecule has 0 saturated heterocycles. The van der Waals surface area contributed by atoms with Crippen molar-refractivity contribution in [2.24, 2.45) is 0 Å². The third-order valence-corrected chi connectivity index (χ3v) is 13.7. The zero-order chi connectivity index (χ0) is 32.7. The van der Waals surface area contributed by atoms with Gasteiger partial charge < -0.3 is 0 Å². The van der Waals surface area contributed by atoms with Gasteiger partial charge in [0.05, 0.1) is 16.6 Å². The van der Waals surface area contributed by atoms with Crippen LogP contribution < -0.4 is 10.6 Å². The maximum absolute atomic E-state index is 5.11. The van der Waals surface area contributed by atoms with Crippen LogP contribution in [0.25, 0.3) is 55.1 Å². The van der Waals surface area contributed by atoms with E-state index in [1.807, 2.05) is 0 Å². The molecule has 0 spiro atoms. The fourth-order valence-corrected chi connectivity index (χ4v) is 11.2. The summed E-state index contributed by atoms with van der Waals surface area (Å²) in [6.45, 7) is 4.88. The van der Waals surface area contributed by atoms with Gasteiger partial charge in [-0.2, -0.15) is 0 Å². The van der Waals surface area contributed by atoms with E-state index in [-0.39, 0.29) is 5.41 Å². The van der Waals surface area contributed by atoms with E-state index in [2.05, 4.69) is 176 Å². The molecule has 2 aromatic heterocycles. The molecule has 0 saturated carbocycles. The molecule has 10 rings (SSSR count). The van der Waals surface area contributed by atoms with Crippen molar-refractivity contribution in [3.63, 3.8) is 0 Å². The Bertz CT molecular complexity index is 2620. The molecule has 2 aliphatic rings. The number of hydrogen-bond donors (Lipinski definition) is 0. The molecule has 1 unspecified atom stereocenters. The molecule has 0 N–H and O–H groups in total. The van der Waals surface area contributed by atoms with Crippen molar-refractivity contribution in [2.75, 3.05) is 0 Å². The molecular weight excluding hydrogens is 611 g/mol. The minimum absolute atomic E-state index is 0.0519. The van der Waals surface area contributed by atoms with Crippen molar-refractivity contribution in [2.45, 2.75) is 31.3 Å². The quantitative estimate of drug-likeness (QED) is 0.137. The molecule has 0 bridgehead atoms. The Labute approximate surface area is 287 Å². The van der Waals surface area contributed by atoms with Crippen LogP contribution in [-0.2, 0) is 5.41 Å². The molecule has 6 aromatic carbocycles.